The Balaban J connectivity index is 1.46. The van der Waals surface area contributed by atoms with Gasteiger partial charge in [-0.25, -0.2) is 0 Å². The van der Waals surface area contributed by atoms with Crippen LogP contribution in [-0.2, 0) is 25.7 Å². The van der Waals surface area contributed by atoms with Crippen LogP contribution in [0.1, 0.15) is 67.6 Å². The number of benzene rings is 2. The molecule has 2 fully saturated rings. The van der Waals surface area contributed by atoms with E-state index in [1.54, 1.807) is 12.1 Å². The molecule has 0 spiro atoms. The number of aliphatic carboxylic acids is 1. The van der Waals surface area contributed by atoms with Gasteiger partial charge in [0.15, 0.2) is 6.29 Å². The fourth-order valence-corrected chi connectivity index (χ4v) is 4.63. The molecule has 188 valence electrons. The normalized spacial score (nSPS) is 23.1. The molecule has 0 saturated carbocycles. The van der Waals surface area contributed by atoms with Crippen LogP contribution in [0.15, 0.2) is 48.5 Å². The summed E-state index contributed by atoms with van der Waals surface area (Å²) in [5, 5.41) is 20.8. The smallest absolute Gasteiger partial charge is 0.303 e. The van der Waals surface area contributed by atoms with Gasteiger partial charge in [-0.05, 0) is 49.2 Å². The molecule has 2 aliphatic rings. The molecule has 8 heteroatoms. The highest BCUT2D eigenvalue weighted by Gasteiger charge is 2.33. The summed E-state index contributed by atoms with van der Waals surface area (Å²) in [4.78, 5) is 25.1. The summed E-state index contributed by atoms with van der Waals surface area (Å²) in [7, 11) is 0. The first kappa shape index (κ1) is 25.3. The number of rotatable bonds is 9. The number of carboxylic acid groups (broad SMARTS) is 1. The van der Waals surface area contributed by atoms with Gasteiger partial charge in [-0.1, -0.05) is 42.8 Å². The van der Waals surface area contributed by atoms with E-state index in [0.717, 1.165) is 42.7 Å². The fourth-order valence-electron chi connectivity index (χ4n) is 4.63. The molecule has 35 heavy (non-hydrogen) atoms. The summed E-state index contributed by atoms with van der Waals surface area (Å²) >= 11 is 0. The lowest BCUT2D eigenvalue weighted by atomic mass is 9.99. The molecule has 0 aliphatic carbocycles. The zero-order valence-corrected chi connectivity index (χ0v) is 19.9. The average molecular weight is 483 g/mol. The Hall–Kier alpha value is -2.78. The van der Waals surface area contributed by atoms with Gasteiger partial charge < -0.3 is 29.9 Å². The number of amides is 1. The van der Waals surface area contributed by atoms with E-state index in [2.05, 4.69) is 10.2 Å². The van der Waals surface area contributed by atoms with E-state index < -0.39 is 12.3 Å². The highest BCUT2D eigenvalue weighted by molar-refractivity contribution is 5.92. The Morgan fingerprint density at radius 2 is 1.60 bits per heavy atom. The molecule has 2 heterocycles. The molecule has 2 aromatic carbocycles. The number of anilines is 1. The maximum atomic E-state index is 11.9. The minimum absolute atomic E-state index is 0.00825. The van der Waals surface area contributed by atoms with Crippen molar-refractivity contribution in [2.45, 2.75) is 63.6 Å². The molecule has 0 unspecified atom stereocenters. The Morgan fingerprint density at radius 1 is 0.914 bits per heavy atom. The molecule has 0 radical (unpaired) electrons. The topological polar surface area (TPSA) is 108 Å². The Bertz CT molecular complexity index is 972. The zero-order valence-electron chi connectivity index (χ0n) is 19.9. The number of ether oxygens (including phenoxy) is 2. The Kier molecular flexibility index (Phi) is 8.87. The summed E-state index contributed by atoms with van der Waals surface area (Å²) < 4.78 is 12.8. The van der Waals surface area contributed by atoms with E-state index in [4.69, 9.17) is 14.6 Å². The van der Waals surface area contributed by atoms with Gasteiger partial charge >= 0.3 is 5.97 Å². The molecule has 0 aromatic heterocycles. The highest BCUT2D eigenvalue weighted by Crippen LogP contribution is 2.38. The quantitative estimate of drug-likeness (QED) is 0.495. The van der Waals surface area contributed by atoms with Crippen molar-refractivity contribution < 1.29 is 29.3 Å². The standard InChI is InChI=1S/C27H34N2O6/c30-18-19-4-6-20(7-5-19)24-16-23(17-29-14-2-1-3-15-29)34-27(35-24)21-8-10-22(11-9-21)28-25(31)12-13-26(32)33/h4-11,23-24,27,30H,1-3,12-18H2,(H,28,31)(H,32,33)/t23-,24+,27+/m1/s1. The number of aliphatic hydroxyl groups excluding tert-OH is 1. The monoisotopic (exact) mass is 482 g/mol. The molecular weight excluding hydrogens is 448 g/mol. The molecule has 2 saturated heterocycles. The number of aliphatic hydroxyl groups is 1. The van der Waals surface area contributed by atoms with Crippen LogP contribution < -0.4 is 5.32 Å². The van der Waals surface area contributed by atoms with Crippen LogP contribution in [-0.4, -0.2) is 52.7 Å². The lowest BCUT2D eigenvalue weighted by Crippen LogP contribution is -2.41. The van der Waals surface area contributed by atoms with Crippen LogP contribution >= 0.6 is 0 Å². The number of hydrogen-bond acceptors (Lipinski definition) is 6. The van der Waals surface area contributed by atoms with Crippen LogP contribution in [0.25, 0.3) is 0 Å². The zero-order chi connectivity index (χ0) is 24.6. The van der Waals surface area contributed by atoms with Crippen LogP contribution in [0.2, 0.25) is 0 Å². The second-order valence-electron chi connectivity index (χ2n) is 9.28. The second-order valence-corrected chi connectivity index (χ2v) is 9.28. The van der Waals surface area contributed by atoms with E-state index in [1.807, 2.05) is 36.4 Å². The third kappa shape index (κ3) is 7.35. The first-order valence-corrected chi connectivity index (χ1v) is 12.3. The number of hydrogen-bond donors (Lipinski definition) is 3. The van der Waals surface area contributed by atoms with Crippen molar-refractivity contribution in [3.8, 4) is 0 Å². The molecule has 4 rings (SSSR count). The lowest BCUT2D eigenvalue weighted by Gasteiger charge is -2.39. The van der Waals surface area contributed by atoms with Crippen LogP contribution in [0.4, 0.5) is 5.69 Å². The fraction of sp³-hybridized carbons (Fsp3) is 0.481. The molecule has 8 nitrogen and oxygen atoms in total. The van der Waals surface area contributed by atoms with Gasteiger partial charge in [0.05, 0.1) is 25.2 Å². The number of piperidine rings is 1. The largest absolute Gasteiger partial charge is 0.481 e. The summed E-state index contributed by atoms with van der Waals surface area (Å²) in [6.07, 6.45) is 3.55. The minimum atomic E-state index is -0.998. The average Bonchev–Trinajstić information content (AvgIpc) is 2.88. The van der Waals surface area contributed by atoms with Crippen molar-refractivity contribution in [2.75, 3.05) is 25.0 Å². The maximum Gasteiger partial charge on any atom is 0.303 e. The number of carboxylic acids is 1. The lowest BCUT2D eigenvalue weighted by molar-refractivity contribution is -0.253. The van der Waals surface area contributed by atoms with E-state index in [9.17, 15) is 14.7 Å². The summed E-state index contributed by atoms with van der Waals surface area (Å²) in [5.41, 5.74) is 3.37. The first-order valence-electron chi connectivity index (χ1n) is 12.3. The van der Waals surface area contributed by atoms with Crippen molar-refractivity contribution in [3.63, 3.8) is 0 Å². The number of nitrogens with zero attached hydrogens (tertiary/aromatic N) is 1. The van der Waals surface area contributed by atoms with Crippen molar-refractivity contribution in [1.82, 2.24) is 4.90 Å². The van der Waals surface area contributed by atoms with E-state index in [1.165, 1.54) is 19.3 Å². The van der Waals surface area contributed by atoms with Gasteiger partial charge in [-0.15, -0.1) is 0 Å². The van der Waals surface area contributed by atoms with Crippen molar-refractivity contribution in [2.24, 2.45) is 0 Å². The second kappa shape index (κ2) is 12.3. The minimum Gasteiger partial charge on any atom is -0.481 e. The number of nitrogens with one attached hydrogen (secondary N) is 1. The van der Waals surface area contributed by atoms with Crippen molar-refractivity contribution >= 4 is 17.6 Å². The van der Waals surface area contributed by atoms with Gasteiger partial charge in [-0.3, -0.25) is 9.59 Å². The number of likely N-dealkylation sites (tertiary alicyclic amines) is 1. The molecule has 2 aromatic rings. The van der Waals surface area contributed by atoms with Crippen LogP contribution in [0.3, 0.4) is 0 Å². The summed E-state index contributed by atoms with van der Waals surface area (Å²) in [5.74, 6) is -1.33. The van der Waals surface area contributed by atoms with Gasteiger partial charge in [0.25, 0.3) is 0 Å². The molecular formula is C27H34N2O6. The SMILES string of the molecule is O=C(O)CCC(=O)Nc1ccc([C@H]2O[C@@H](CN3CCCCC3)C[C@@H](c3ccc(CO)cc3)O2)cc1. The van der Waals surface area contributed by atoms with Gasteiger partial charge in [0.2, 0.25) is 5.91 Å². The van der Waals surface area contributed by atoms with Crippen molar-refractivity contribution in [3.05, 3.63) is 65.2 Å². The van der Waals surface area contributed by atoms with Crippen LogP contribution in [0.5, 0.6) is 0 Å². The Labute approximate surface area is 205 Å². The molecule has 1 amide bonds. The number of carbonyl (C=O) groups is 2. The third-order valence-corrected chi connectivity index (χ3v) is 6.56. The molecule has 2 aliphatic heterocycles. The summed E-state index contributed by atoms with van der Waals surface area (Å²) in [6.45, 7) is 3.06. The Morgan fingerprint density at radius 3 is 2.26 bits per heavy atom. The number of carbonyl (C=O) groups excluding carboxylic acids is 1. The summed E-state index contributed by atoms with van der Waals surface area (Å²) in [6, 6.07) is 15.1. The van der Waals surface area contributed by atoms with Gasteiger partial charge in [0, 0.05) is 30.6 Å². The van der Waals surface area contributed by atoms with Crippen molar-refractivity contribution in [1.29, 1.82) is 0 Å². The first-order chi connectivity index (χ1) is 17.0. The molecule has 3 atom stereocenters. The molecule has 3 N–H and O–H groups in total. The predicted molar refractivity (Wildman–Crippen MR) is 131 cm³/mol. The van der Waals surface area contributed by atoms with Gasteiger partial charge in [-0.2, -0.15) is 0 Å². The predicted octanol–water partition coefficient (Wildman–Crippen LogP) is 4.01. The van der Waals surface area contributed by atoms with E-state index >= 15 is 0 Å². The van der Waals surface area contributed by atoms with Gasteiger partial charge in [0.1, 0.15) is 0 Å². The maximum absolute atomic E-state index is 11.9. The third-order valence-electron chi connectivity index (χ3n) is 6.56. The highest BCUT2D eigenvalue weighted by atomic mass is 16.7. The van der Waals surface area contributed by atoms with E-state index in [-0.39, 0.29) is 37.6 Å². The van der Waals surface area contributed by atoms with E-state index in [0.29, 0.717) is 5.69 Å². The molecule has 0 bridgehead atoms. The van der Waals surface area contributed by atoms with Crippen LogP contribution in [0, 0.1) is 0 Å².